The van der Waals surface area contributed by atoms with Crippen LogP contribution in [0.2, 0.25) is 0 Å². The molecule has 2 aromatic carbocycles. The third-order valence-electron chi connectivity index (χ3n) is 6.11. The Kier molecular flexibility index (Phi) is 8.45. The number of hydrogen-bond acceptors (Lipinski definition) is 5. The Hall–Kier alpha value is -2.92. The summed E-state index contributed by atoms with van der Waals surface area (Å²) in [5.74, 6) is -0.880. The number of amides is 1. The molecule has 7 nitrogen and oxygen atoms in total. The molecule has 0 N–H and O–H groups in total. The molecule has 36 heavy (non-hydrogen) atoms. The third kappa shape index (κ3) is 6.25. The zero-order valence-electron chi connectivity index (χ0n) is 20.3. The fraction of sp³-hybridized carbons (Fsp3) is 0.440. The maximum absolute atomic E-state index is 13.7. The average molecular weight is 527 g/mol. The molecule has 1 amide bonds. The first-order valence-electron chi connectivity index (χ1n) is 11.5. The minimum atomic E-state index is -4.59. The summed E-state index contributed by atoms with van der Waals surface area (Å²) in [7, 11) is -2.97. The lowest BCUT2D eigenvalue weighted by Crippen LogP contribution is -2.52. The quantitative estimate of drug-likeness (QED) is 0.502. The van der Waals surface area contributed by atoms with E-state index in [1.54, 1.807) is 30.9 Å². The summed E-state index contributed by atoms with van der Waals surface area (Å²) < 4.78 is 72.4. The van der Waals surface area contributed by atoms with Crippen molar-refractivity contribution in [3.8, 4) is 0 Å². The van der Waals surface area contributed by atoms with E-state index in [9.17, 15) is 31.2 Å². The fourth-order valence-electron chi connectivity index (χ4n) is 4.16. The van der Waals surface area contributed by atoms with E-state index in [1.165, 1.54) is 23.5 Å². The van der Waals surface area contributed by atoms with Gasteiger partial charge in [-0.15, -0.1) is 0 Å². The molecule has 196 valence electrons. The van der Waals surface area contributed by atoms with Crippen molar-refractivity contribution in [2.24, 2.45) is 5.92 Å². The van der Waals surface area contributed by atoms with Crippen LogP contribution < -0.4 is 0 Å². The molecule has 2 aromatic rings. The number of halogens is 3. The van der Waals surface area contributed by atoms with Crippen LogP contribution in [-0.4, -0.2) is 55.7 Å². The summed E-state index contributed by atoms with van der Waals surface area (Å²) in [6, 6.07) is 9.03. The van der Waals surface area contributed by atoms with E-state index in [4.69, 9.17) is 0 Å². The first kappa shape index (κ1) is 27.7. The Bertz CT molecular complexity index is 1180. The number of piperidine rings is 1. The van der Waals surface area contributed by atoms with Crippen LogP contribution in [0.25, 0.3) is 0 Å². The number of alkyl halides is 3. The molecule has 1 fully saturated rings. The molecular formula is C25H29F3N2O5S. The lowest BCUT2D eigenvalue weighted by Gasteiger charge is -2.39. The van der Waals surface area contributed by atoms with Gasteiger partial charge in [0.15, 0.2) is 0 Å². The van der Waals surface area contributed by atoms with Crippen molar-refractivity contribution < 1.29 is 35.9 Å². The number of carbonyl (C=O) groups excluding carboxylic acids is 2. The van der Waals surface area contributed by atoms with E-state index in [2.05, 4.69) is 4.74 Å². The molecule has 1 atom stereocenters. The van der Waals surface area contributed by atoms with E-state index in [-0.39, 0.29) is 29.8 Å². The minimum Gasteiger partial charge on any atom is -0.465 e. The molecule has 1 aliphatic rings. The number of benzene rings is 2. The zero-order valence-corrected chi connectivity index (χ0v) is 21.1. The second-order valence-corrected chi connectivity index (χ2v) is 10.9. The molecular weight excluding hydrogens is 497 g/mol. The summed E-state index contributed by atoms with van der Waals surface area (Å²) in [5.41, 5.74) is -0.0759. The van der Waals surface area contributed by atoms with Gasteiger partial charge in [0, 0.05) is 31.6 Å². The molecule has 0 aliphatic carbocycles. The first-order valence-corrected chi connectivity index (χ1v) is 12.9. The Morgan fingerprint density at radius 1 is 1.08 bits per heavy atom. The van der Waals surface area contributed by atoms with E-state index in [1.807, 2.05) is 0 Å². The van der Waals surface area contributed by atoms with E-state index >= 15 is 0 Å². The Morgan fingerprint density at radius 3 is 2.22 bits per heavy atom. The fourth-order valence-corrected chi connectivity index (χ4v) is 5.80. The lowest BCUT2D eigenvalue weighted by atomic mass is 10.0. The molecule has 0 spiro atoms. The molecule has 1 unspecified atom stereocenters. The van der Waals surface area contributed by atoms with E-state index < -0.39 is 33.8 Å². The molecule has 0 radical (unpaired) electrons. The van der Waals surface area contributed by atoms with Crippen LogP contribution in [0.15, 0.2) is 53.4 Å². The summed E-state index contributed by atoms with van der Waals surface area (Å²) >= 11 is 0. The Labute approximate surface area is 208 Å². The number of rotatable bonds is 7. The third-order valence-corrected chi connectivity index (χ3v) is 8.02. The van der Waals surface area contributed by atoms with Crippen LogP contribution in [0.5, 0.6) is 0 Å². The number of esters is 1. The van der Waals surface area contributed by atoms with Crippen LogP contribution in [0, 0.1) is 5.92 Å². The number of carbonyl (C=O) groups is 2. The van der Waals surface area contributed by atoms with Crippen LogP contribution in [0.1, 0.15) is 48.2 Å². The maximum Gasteiger partial charge on any atom is 0.416 e. The second-order valence-electron chi connectivity index (χ2n) is 9.00. The summed E-state index contributed by atoms with van der Waals surface area (Å²) in [5, 5.41) is 0. The van der Waals surface area contributed by atoms with Gasteiger partial charge in [0.2, 0.25) is 15.9 Å². The predicted octanol–water partition coefficient (Wildman–Crippen LogP) is 4.33. The topological polar surface area (TPSA) is 84.0 Å². The highest BCUT2D eigenvalue weighted by molar-refractivity contribution is 7.89. The summed E-state index contributed by atoms with van der Waals surface area (Å²) in [6.45, 7) is 4.14. The summed E-state index contributed by atoms with van der Waals surface area (Å²) in [6.07, 6.45) is -3.52. The highest BCUT2D eigenvalue weighted by atomic mass is 32.2. The predicted molar refractivity (Wildman–Crippen MR) is 126 cm³/mol. The van der Waals surface area contributed by atoms with Gasteiger partial charge in [-0.1, -0.05) is 26.0 Å². The van der Waals surface area contributed by atoms with E-state index in [0.717, 1.165) is 24.3 Å². The van der Waals surface area contributed by atoms with Gasteiger partial charge in [-0.2, -0.15) is 17.5 Å². The number of hydrogen-bond donors (Lipinski definition) is 0. The smallest absolute Gasteiger partial charge is 0.416 e. The normalized spacial score (nSPS) is 16.9. The monoisotopic (exact) mass is 526 g/mol. The molecule has 0 bridgehead atoms. The standard InChI is InChI=1S/C25H29F3N2O5S/c1-17(2)23(31)29-14-4-5-21(16-29)30(15-18-6-8-19(9-7-18)24(32)35-3)36(33,34)22-12-10-20(11-13-22)25(26,27)28/h6-13,17,21H,4-5,14-16H2,1-3H3. The van der Waals surface area contributed by atoms with Gasteiger partial charge in [-0.25, -0.2) is 13.2 Å². The Morgan fingerprint density at radius 2 is 1.69 bits per heavy atom. The molecule has 11 heteroatoms. The van der Waals surface area contributed by atoms with Crippen LogP contribution in [-0.2, 0) is 32.3 Å². The van der Waals surface area contributed by atoms with E-state index in [0.29, 0.717) is 30.5 Å². The van der Waals surface area contributed by atoms with Gasteiger partial charge in [0.05, 0.1) is 23.1 Å². The molecule has 1 heterocycles. The van der Waals surface area contributed by atoms with Crippen LogP contribution in [0.4, 0.5) is 13.2 Å². The number of sulfonamides is 1. The molecule has 1 aliphatic heterocycles. The summed E-state index contributed by atoms with van der Waals surface area (Å²) in [4.78, 5) is 25.7. The lowest BCUT2D eigenvalue weighted by molar-refractivity contribution is -0.137. The number of methoxy groups -OCH3 is 1. The van der Waals surface area contributed by atoms with Crippen molar-refractivity contribution in [1.82, 2.24) is 9.21 Å². The SMILES string of the molecule is COC(=O)c1ccc(CN(C2CCCN(C(=O)C(C)C)C2)S(=O)(=O)c2ccc(C(F)(F)F)cc2)cc1. The van der Waals surface area contributed by atoms with Crippen molar-refractivity contribution in [2.45, 2.75) is 50.3 Å². The largest absolute Gasteiger partial charge is 0.465 e. The Balaban J connectivity index is 1.97. The number of nitrogens with zero attached hydrogens (tertiary/aromatic N) is 2. The van der Waals surface area contributed by atoms with Gasteiger partial charge in [-0.3, -0.25) is 4.79 Å². The van der Waals surface area contributed by atoms with Crippen LogP contribution in [0.3, 0.4) is 0 Å². The molecule has 0 saturated carbocycles. The van der Waals surface area contributed by atoms with Gasteiger partial charge in [0.1, 0.15) is 0 Å². The minimum absolute atomic E-state index is 0.0841. The number of likely N-dealkylation sites (tertiary alicyclic amines) is 1. The van der Waals surface area contributed by atoms with Crippen molar-refractivity contribution >= 4 is 21.9 Å². The van der Waals surface area contributed by atoms with Crippen molar-refractivity contribution in [3.63, 3.8) is 0 Å². The average Bonchev–Trinajstić information content (AvgIpc) is 2.86. The molecule has 1 saturated heterocycles. The zero-order chi connectivity index (χ0) is 26.7. The molecule has 0 aromatic heterocycles. The molecule has 3 rings (SSSR count). The van der Waals surface area contributed by atoms with Crippen molar-refractivity contribution in [1.29, 1.82) is 0 Å². The van der Waals surface area contributed by atoms with Crippen molar-refractivity contribution in [3.05, 3.63) is 65.2 Å². The van der Waals surface area contributed by atoms with Gasteiger partial charge in [0.25, 0.3) is 0 Å². The maximum atomic E-state index is 13.7. The first-order chi connectivity index (χ1) is 16.8. The van der Waals surface area contributed by atoms with Gasteiger partial charge in [-0.05, 0) is 54.8 Å². The van der Waals surface area contributed by atoms with Gasteiger partial charge >= 0.3 is 12.1 Å². The van der Waals surface area contributed by atoms with Crippen molar-refractivity contribution in [2.75, 3.05) is 20.2 Å². The highest BCUT2D eigenvalue weighted by Crippen LogP contribution is 2.32. The van der Waals surface area contributed by atoms with Gasteiger partial charge < -0.3 is 9.64 Å². The highest BCUT2D eigenvalue weighted by Gasteiger charge is 2.37. The second kappa shape index (κ2) is 11.0. The number of ether oxygens (including phenoxy) is 1. The van der Waals surface area contributed by atoms with Crippen LogP contribution >= 0.6 is 0 Å².